The summed E-state index contributed by atoms with van der Waals surface area (Å²) in [6, 6.07) is 3.66. The fraction of sp³-hybridized carbons (Fsp3) is 0.182. The second-order valence-corrected chi connectivity index (χ2v) is 4.24. The molecule has 0 fully saturated rings. The van der Waals surface area contributed by atoms with Gasteiger partial charge in [0.25, 0.3) is 0 Å². The van der Waals surface area contributed by atoms with E-state index in [1.165, 1.54) is 11.8 Å². The maximum absolute atomic E-state index is 9.79. The van der Waals surface area contributed by atoms with Crippen molar-refractivity contribution in [3.63, 3.8) is 0 Å². The monoisotopic (exact) mass is 222 g/mol. The number of aryl methyl sites for hydroxylation is 1. The van der Waals surface area contributed by atoms with Crippen LogP contribution in [0.4, 0.5) is 0 Å². The summed E-state index contributed by atoms with van der Waals surface area (Å²) in [5, 5.41) is 21.1. The maximum atomic E-state index is 9.79. The predicted molar refractivity (Wildman–Crippen MR) is 60.2 cm³/mol. The van der Waals surface area contributed by atoms with Crippen molar-refractivity contribution in [2.24, 2.45) is 7.05 Å². The van der Waals surface area contributed by atoms with E-state index in [2.05, 4.69) is 0 Å². The zero-order chi connectivity index (χ0) is 11.0. The number of phenolic OH excluding ortho intramolecular Hbond substituents is 2. The van der Waals surface area contributed by atoms with Crippen LogP contribution in [-0.4, -0.2) is 16.5 Å². The molecule has 2 N–H and O–H groups in total. The van der Waals surface area contributed by atoms with Gasteiger partial charge in [-0.3, -0.25) is 0 Å². The van der Waals surface area contributed by atoms with Gasteiger partial charge in [0.05, 0.1) is 10.3 Å². The van der Waals surface area contributed by atoms with Crippen molar-refractivity contribution in [1.29, 1.82) is 0 Å². The Morgan fingerprint density at radius 1 is 1.27 bits per heavy atom. The summed E-state index contributed by atoms with van der Waals surface area (Å²) in [4.78, 5) is 0.686. The summed E-state index contributed by atoms with van der Waals surface area (Å²) >= 11 is 1.41. The van der Waals surface area contributed by atoms with Crippen LogP contribution in [0.2, 0.25) is 0 Å². The highest BCUT2D eigenvalue weighted by molar-refractivity contribution is 7.98. The van der Waals surface area contributed by atoms with Gasteiger partial charge in [0.1, 0.15) is 7.05 Å². The molecule has 3 nitrogen and oxygen atoms in total. The van der Waals surface area contributed by atoms with E-state index >= 15 is 0 Å². The Morgan fingerprint density at radius 2 is 2.00 bits per heavy atom. The number of fused-ring (bicyclic) bond motifs is 1. The van der Waals surface area contributed by atoms with E-state index in [-0.39, 0.29) is 11.5 Å². The van der Waals surface area contributed by atoms with Gasteiger partial charge in [-0.25, -0.2) is 4.57 Å². The van der Waals surface area contributed by atoms with Gasteiger partial charge in [-0.05, 0) is 12.3 Å². The van der Waals surface area contributed by atoms with E-state index in [1.807, 2.05) is 36.3 Å². The van der Waals surface area contributed by atoms with Crippen LogP contribution in [0, 0.1) is 0 Å². The molecule has 0 saturated carbocycles. The van der Waals surface area contributed by atoms with Gasteiger partial charge < -0.3 is 10.2 Å². The van der Waals surface area contributed by atoms with E-state index in [1.54, 1.807) is 6.07 Å². The van der Waals surface area contributed by atoms with Crippen molar-refractivity contribution in [3.8, 4) is 11.5 Å². The van der Waals surface area contributed by atoms with Crippen LogP contribution in [0.1, 0.15) is 0 Å². The molecule has 2 rings (SSSR count). The Hall–Kier alpha value is -1.42. The van der Waals surface area contributed by atoms with Crippen molar-refractivity contribution in [1.82, 2.24) is 0 Å². The number of hydrogen-bond donors (Lipinski definition) is 2. The molecule has 0 amide bonds. The second-order valence-electron chi connectivity index (χ2n) is 3.39. The van der Waals surface area contributed by atoms with Crippen molar-refractivity contribution < 1.29 is 14.8 Å². The summed E-state index contributed by atoms with van der Waals surface area (Å²) < 4.78 is 1.91. The maximum Gasteiger partial charge on any atom is 0.176 e. The average Bonchev–Trinajstić information content (AvgIpc) is 2.23. The van der Waals surface area contributed by atoms with Crippen LogP contribution in [0.15, 0.2) is 29.4 Å². The Labute approximate surface area is 92.0 Å². The molecule has 1 heterocycles. The SMILES string of the molecule is CSc1cc2c[n+](C)ccc2c(O)c1O. The minimum atomic E-state index is -0.0440. The summed E-state index contributed by atoms with van der Waals surface area (Å²) in [7, 11) is 1.92. The standard InChI is InChI=1S/C11H11NO2S/c1-12-4-3-8-7(6-12)5-9(15-2)11(14)10(8)13/h3-6,13H,1-2H3/p+1. The normalized spacial score (nSPS) is 10.8. The lowest BCUT2D eigenvalue weighted by Gasteiger charge is -2.06. The highest BCUT2D eigenvalue weighted by atomic mass is 32.2. The van der Waals surface area contributed by atoms with Crippen molar-refractivity contribution in [2.75, 3.05) is 6.26 Å². The molecule has 2 aromatic rings. The molecule has 15 heavy (non-hydrogen) atoms. The molecule has 0 unspecified atom stereocenters. The highest BCUT2D eigenvalue weighted by Crippen LogP contribution is 2.40. The van der Waals surface area contributed by atoms with E-state index < -0.39 is 0 Å². The van der Waals surface area contributed by atoms with Crippen molar-refractivity contribution in [2.45, 2.75) is 4.90 Å². The first kappa shape index (κ1) is 10.1. The molecule has 0 radical (unpaired) electrons. The molecular formula is C11H12NO2S+. The van der Waals surface area contributed by atoms with Gasteiger partial charge in [0.15, 0.2) is 23.9 Å². The van der Waals surface area contributed by atoms with E-state index in [4.69, 9.17) is 0 Å². The highest BCUT2D eigenvalue weighted by Gasteiger charge is 2.12. The summed E-state index contributed by atoms with van der Waals surface area (Å²) in [6.07, 6.45) is 5.61. The Bertz CT molecular complexity index is 525. The fourth-order valence-electron chi connectivity index (χ4n) is 1.56. The Morgan fingerprint density at radius 3 is 2.67 bits per heavy atom. The molecule has 78 valence electrons. The first-order chi connectivity index (χ1) is 7.13. The minimum Gasteiger partial charge on any atom is -0.504 e. The predicted octanol–water partition coefficient (Wildman–Crippen LogP) is 1.80. The molecule has 0 spiro atoms. The number of hydrogen-bond acceptors (Lipinski definition) is 3. The van der Waals surface area contributed by atoms with Gasteiger partial charge in [0.2, 0.25) is 0 Å². The third kappa shape index (κ3) is 1.61. The van der Waals surface area contributed by atoms with Crippen molar-refractivity contribution >= 4 is 22.5 Å². The summed E-state index contributed by atoms with van der Waals surface area (Å²) in [5.41, 5.74) is 0. The third-order valence-corrected chi connectivity index (χ3v) is 3.10. The number of pyridine rings is 1. The molecular weight excluding hydrogens is 210 g/mol. The molecule has 1 aromatic heterocycles. The molecule has 0 atom stereocenters. The van der Waals surface area contributed by atoms with Gasteiger partial charge in [-0.2, -0.15) is 0 Å². The smallest absolute Gasteiger partial charge is 0.176 e. The molecule has 1 aromatic carbocycles. The second kappa shape index (κ2) is 3.62. The van der Waals surface area contributed by atoms with E-state index in [9.17, 15) is 10.2 Å². The van der Waals surface area contributed by atoms with E-state index in [0.29, 0.717) is 10.3 Å². The van der Waals surface area contributed by atoms with Crippen LogP contribution in [0.5, 0.6) is 11.5 Å². The first-order valence-electron chi connectivity index (χ1n) is 4.51. The van der Waals surface area contributed by atoms with Crippen LogP contribution < -0.4 is 4.57 Å². The van der Waals surface area contributed by atoms with E-state index in [0.717, 1.165) is 5.39 Å². The van der Waals surface area contributed by atoms with Crippen LogP contribution >= 0.6 is 11.8 Å². The van der Waals surface area contributed by atoms with Crippen LogP contribution in [-0.2, 0) is 7.05 Å². The lowest BCUT2D eigenvalue weighted by Crippen LogP contribution is -2.25. The number of aromatic nitrogens is 1. The summed E-state index contributed by atoms with van der Waals surface area (Å²) in [5.74, 6) is -0.0821. The number of phenols is 2. The summed E-state index contributed by atoms with van der Waals surface area (Å²) in [6.45, 7) is 0. The number of thioether (sulfide) groups is 1. The molecule has 0 aliphatic carbocycles. The number of nitrogens with zero attached hydrogens (tertiary/aromatic N) is 1. The van der Waals surface area contributed by atoms with Gasteiger partial charge in [-0.1, -0.05) is 0 Å². The molecule has 0 saturated heterocycles. The lowest BCUT2D eigenvalue weighted by molar-refractivity contribution is -0.670. The molecule has 0 bridgehead atoms. The van der Waals surface area contributed by atoms with Gasteiger partial charge >= 0.3 is 0 Å². The zero-order valence-corrected chi connectivity index (χ0v) is 9.38. The fourth-order valence-corrected chi connectivity index (χ4v) is 2.10. The largest absolute Gasteiger partial charge is 0.504 e. The third-order valence-electron chi connectivity index (χ3n) is 2.35. The number of rotatable bonds is 1. The van der Waals surface area contributed by atoms with Crippen LogP contribution in [0.3, 0.4) is 0 Å². The van der Waals surface area contributed by atoms with Crippen molar-refractivity contribution in [3.05, 3.63) is 24.5 Å². The van der Waals surface area contributed by atoms with Crippen LogP contribution in [0.25, 0.3) is 10.8 Å². The van der Waals surface area contributed by atoms with Gasteiger partial charge in [-0.15, -0.1) is 11.8 Å². The Balaban J connectivity index is 2.84. The molecule has 4 heteroatoms. The first-order valence-corrected chi connectivity index (χ1v) is 5.74. The average molecular weight is 222 g/mol. The van der Waals surface area contributed by atoms with Gasteiger partial charge in [0, 0.05) is 11.5 Å². The number of aromatic hydroxyl groups is 2. The Kier molecular flexibility index (Phi) is 2.44. The zero-order valence-electron chi connectivity index (χ0n) is 8.56. The number of benzene rings is 1. The molecule has 0 aliphatic rings. The lowest BCUT2D eigenvalue weighted by atomic mass is 10.1. The quantitative estimate of drug-likeness (QED) is 0.439. The topological polar surface area (TPSA) is 44.3 Å². The molecule has 0 aliphatic heterocycles. The minimum absolute atomic E-state index is 0.0381.